The molecule has 0 saturated carbocycles. The van der Waals surface area contributed by atoms with E-state index in [2.05, 4.69) is 31.3 Å². The highest BCUT2D eigenvalue weighted by molar-refractivity contribution is 5.94. The van der Waals surface area contributed by atoms with Crippen molar-refractivity contribution in [2.24, 2.45) is 0 Å². The second-order valence-electron chi connectivity index (χ2n) is 4.77. The van der Waals surface area contributed by atoms with E-state index in [0.29, 0.717) is 12.5 Å². The first-order valence-corrected chi connectivity index (χ1v) is 6.19. The van der Waals surface area contributed by atoms with Gasteiger partial charge in [-0.2, -0.15) is 0 Å². The van der Waals surface area contributed by atoms with Crippen LogP contribution in [0.25, 0.3) is 0 Å². The van der Waals surface area contributed by atoms with Gasteiger partial charge < -0.3 is 10.1 Å². The molecule has 1 unspecified atom stereocenters. The minimum Gasteiger partial charge on any atom is -0.368 e. The molecule has 0 bridgehead atoms. The van der Waals surface area contributed by atoms with Gasteiger partial charge >= 0.3 is 0 Å². The third-order valence-corrected chi connectivity index (χ3v) is 3.07. The molecule has 17 heavy (non-hydrogen) atoms. The summed E-state index contributed by atoms with van der Waals surface area (Å²) in [6.45, 7) is 5.00. The van der Waals surface area contributed by atoms with Crippen molar-refractivity contribution in [2.75, 3.05) is 11.9 Å². The number of benzene rings is 1. The predicted molar refractivity (Wildman–Crippen MR) is 68.1 cm³/mol. The van der Waals surface area contributed by atoms with E-state index < -0.39 is 0 Å². The van der Waals surface area contributed by atoms with E-state index in [1.54, 1.807) is 0 Å². The molecule has 1 aromatic carbocycles. The summed E-state index contributed by atoms with van der Waals surface area (Å²) in [5.41, 5.74) is 2.12. The van der Waals surface area contributed by atoms with Crippen LogP contribution in [0.5, 0.6) is 0 Å². The van der Waals surface area contributed by atoms with E-state index in [4.69, 9.17) is 4.74 Å². The maximum Gasteiger partial charge on any atom is 0.253 e. The van der Waals surface area contributed by atoms with Gasteiger partial charge in [0.25, 0.3) is 5.91 Å². The smallest absolute Gasteiger partial charge is 0.253 e. The van der Waals surface area contributed by atoms with Gasteiger partial charge in [-0.1, -0.05) is 26.0 Å². The fourth-order valence-corrected chi connectivity index (χ4v) is 1.96. The van der Waals surface area contributed by atoms with Crippen molar-refractivity contribution in [3.8, 4) is 0 Å². The van der Waals surface area contributed by atoms with Crippen LogP contribution in [0.4, 0.5) is 5.69 Å². The topological polar surface area (TPSA) is 38.3 Å². The van der Waals surface area contributed by atoms with Gasteiger partial charge in [-0.3, -0.25) is 4.79 Å². The zero-order chi connectivity index (χ0) is 12.3. The molecule has 0 aliphatic carbocycles. The fourth-order valence-electron chi connectivity index (χ4n) is 1.96. The second kappa shape index (κ2) is 5.32. The highest BCUT2D eigenvalue weighted by Crippen LogP contribution is 2.18. The third kappa shape index (κ3) is 3.07. The molecule has 92 valence electrons. The molecule has 0 aromatic heterocycles. The highest BCUT2D eigenvalue weighted by atomic mass is 16.5. The summed E-state index contributed by atoms with van der Waals surface area (Å²) in [6.07, 6.45) is 1.54. The van der Waals surface area contributed by atoms with Crippen LogP contribution in [0.1, 0.15) is 38.2 Å². The molecule has 1 fully saturated rings. The monoisotopic (exact) mass is 233 g/mol. The van der Waals surface area contributed by atoms with Crippen molar-refractivity contribution in [1.82, 2.24) is 0 Å². The number of carbonyl (C=O) groups excluding carboxylic acids is 1. The lowest BCUT2D eigenvalue weighted by Crippen LogP contribution is -2.26. The van der Waals surface area contributed by atoms with Crippen LogP contribution in [-0.2, 0) is 9.53 Å². The van der Waals surface area contributed by atoms with Crippen molar-refractivity contribution >= 4 is 11.6 Å². The van der Waals surface area contributed by atoms with Gasteiger partial charge in [0.05, 0.1) is 0 Å². The molecule has 1 N–H and O–H groups in total. The number of hydrogen-bond donors (Lipinski definition) is 1. The quantitative estimate of drug-likeness (QED) is 0.871. The summed E-state index contributed by atoms with van der Waals surface area (Å²) < 4.78 is 5.34. The Bertz CT molecular complexity index is 378. The normalized spacial score (nSPS) is 19.6. The lowest BCUT2D eigenvalue weighted by molar-refractivity contribution is -0.124. The van der Waals surface area contributed by atoms with Gasteiger partial charge in [-0.15, -0.1) is 0 Å². The largest absolute Gasteiger partial charge is 0.368 e. The maximum atomic E-state index is 11.8. The number of ether oxygens (including phenoxy) is 1. The van der Waals surface area contributed by atoms with Crippen LogP contribution in [0.15, 0.2) is 24.3 Å². The number of amides is 1. The highest BCUT2D eigenvalue weighted by Gasteiger charge is 2.23. The molecule has 0 spiro atoms. The lowest BCUT2D eigenvalue weighted by atomic mass is 10.0. The zero-order valence-corrected chi connectivity index (χ0v) is 10.4. The Hall–Kier alpha value is -1.35. The standard InChI is InChI=1S/C14H19NO2/c1-10(2)11-5-7-12(8-6-11)15-14(16)13-4-3-9-17-13/h5-8,10,13H,3-4,9H2,1-2H3,(H,15,16). The summed E-state index contributed by atoms with van der Waals surface area (Å²) in [5, 5.41) is 2.89. The van der Waals surface area contributed by atoms with E-state index in [-0.39, 0.29) is 12.0 Å². The molecule has 1 saturated heterocycles. The van der Waals surface area contributed by atoms with Gasteiger partial charge in [0.2, 0.25) is 0 Å². The molecule has 1 aliphatic rings. The van der Waals surface area contributed by atoms with Crippen molar-refractivity contribution in [1.29, 1.82) is 0 Å². The number of nitrogens with one attached hydrogen (secondary N) is 1. The van der Waals surface area contributed by atoms with Crippen LogP contribution in [0.2, 0.25) is 0 Å². The first kappa shape index (κ1) is 12.1. The molecule has 1 atom stereocenters. The number of hydrogen-bond acceptors (Lipinski definition) is 2. The van der Waals surface area contributed by atoms with Crippen molar-refractivity contribution in [2.45, 2.75) is 38.7 Å². The Kier molecular flexibility index (Phi) is 3.79. The van der Waals surface area contributed by atoms with Crippen LogP contribution in [-0.4, -0.2) is 18.6 Å². The Morgan fingerprint density at radius 3 is 2.59 bits per heavy atom. The Morgan fingerprint density at radius 1 is 1.35 bits per heavy atom. The molecule has 1 amide bonds. The minimum atomic E-state index is -0.264. The first-order valence-electron chi connectivity index (χ1n) is 6.19. The van der Waals surface area contributed by atoms with Gasteiger partial charge in [0.1, 0.15) is 6.10 Å². The summed E-state index contributed by atoms with van der Waals surface area (Å²) in [6, 6.07) is 8.00. The van der Waals surface area contributed by atoms with Crippen molar-refractivity contribution in [3.63, 3.8) is 0 Å². The molecular formula is C14H19NO2. The molecule has 3 heteroatoms. The maximum absolute atomic E-state index is 11.8. The summed E-state index contributed by atoms with van der Waals surface area (Å²) in [7, 11) is 0. The van der Waals surface area contributed by atoms with E-state index >= 15 is 0 Å². The Morgan fingerprint density at radius 2 is 2.06 bits per heavy atom. The van der Waals surface area contributed by atoms with Gasteiger partial charge in [-0.25, -0.2) is 0 Å². The van der Waals surface area contributed by atoms with Gasteiger partial charge in [0, 0.05) is 12.3 Å². The molecular weight excluding hydrogens is 214 g/mol. The molecule has 2 rings (SSSR count). The first-order chi connectivity index (χ1) is 8.16. The minimum absolute atomic E-state index is 0.0280. The third-order valence-electron chi connectivity index (χ3n) is 3.07. The average Bonchev–Trinajstić information content (AvgIpc) is 2.83. The summed E-state index contributed by atoms with van der Waals surface area (Å²) in [4.78, 5) is 11.8. The van der Waals surface area contributed by atoms with E-state index in [1.165, 1.54) is 5.56 Å². The summed E-state index contributed by atoms with van der Waals surface area (Å²) in [5.74, 6) is 0.484. The molecule has 1 aliphatic heterocycles. The van der Waals surface area contributed by atoms with Gasteiger partial charge in [-0.05, 0) is 36.5 Å². The molecule has 1 aromatic rings. The predicted octanol–water partition coefficient (Wildman–Crippen LogP) is 2.93. The molecule has 3 nitrogen and oxygen atoms in total. The van der Waals surface area contributed by atoms with Crippen LogP contribution in [0, 0.1) is 0 Å². The Labute approximate surface area is 102 Å². The Balaban J connectivity index is 1.96. The zero-order valence-electron chi connectivity index (χ0n) is 10.4. The molecule has 1 heterocycles. The second-order valence-corrected chi connectivity index (χ2v) is 4.77. The lowest BCUT2D eigenvalue weighted by Gasteiger charge is -2.11. The SMILES string of the molecule is CC(C)c1ccc(NC(=O)C2CCCO2)cc1. The fraction of sp³-hybridized carbons (Fsp3) is 0.500. The van der Waals surface area contributed by atoms with E-state index in [1.807, 2.05) is 12.1 Å². The van der Waals surface area contributed by atoms with Crippen LogP contribution < -0.4 is 5.32 Å². The van der Waals surface area contributed by atoms with Gasteiger partial charge in [0.15, 0.2) is 0 Å². The van der Waals surface area contributed by atoms with E-state index in [9.17, 15) is 4.79 Å². The summed E-state index contributed by atoms with van der Waals surface area (Å²) >= 11 is 0. The average molecular weight is 233 g/mol. The molecule has 0 radical (unpaired) electrons. The van der Waals surface area contributed by atoms with Crippen LogP contribution in [0.3, 0.4) is 0 Å². The number of rotatable bonds is 3. The van der Waals surface area contributed by atoms with E-state index in [0.717, 1.165) is 18.5 Å². The van der Waals surface area contributed by atoms with Crippen molar-refractivity contribution in [3.05, 3.63) is 29.8 Å². The number of carbonyl (C=O) groups is 1. The van der Waals surface area contributed by atoms with Crippen molar-refractivity contribution < 1.29 is 9.53 Å². The number of anilines is 1. The van der Waals surface area contributed by atoms with Crippen LogP contribution >= 0.6 is 0 Å².